The van der Waals surface area contributed by atoms with Crippen LogP contribution in [0.2, 0.25) is 0 Å². The average Bonchev–Trinajstić information content (AvgIpc) is 2.82. The molecule has 0 radical (unpaired) electrons. The van der Waals surface area contributed by atoms with E-state index in [0.29, 0.717) is 6.54 Å². The van der Waals surface area contributed by atoms with Gasteiger partial charge in [0.25, 0.3) is 0 Å². The lowest BCUT2D eigenvalue weighted by molar-refractivity contribution is 0.391. The van der Waals surface area contributed by atoms with E-state index in [0.717, 1.165) is 41.6 Å². The number of hydrogen-bond acceptors (Lipinski definition) is 6. The number of nitrogens with one attached hydrogen (secondary N) is 2. The Morgan fingerprint density at radius 1 is 1.16 bits per heavy atom. The number of nitrogens with zero attached hydrogens (tertiary/aromatic N) is 3. The molecule has 0 amide bonds. The van der Waals surface area contributed by atoms with Gasteiger partial charge in [0, 0.05) is 18.2 Å². The smallest absolute Gasteiger partial charge is 0.134 e. The molecule has 2 aromatic heterocycles. The summed E-state index contributed by atoms with van der Waals surface area (Å²) in [6.07, 6.45) is 2.62. The number of aryl methyl sites for hydroxylation is 1. The van der Waals surface area contributed by atoms with Gasteiger partial charge in [0.2, 0.25) is 0 Å². The molecule has 0 spiro atoms. The fraction of sp³-hybridized carbons (Fsp3) is 0.462. The molecule has 2 rings (SSSR count). The predicted molar refractivity (Wildman–Crippen MR) is 74.1 cm³/mol. The zero-order valence-electron chi connectivity index (χ0n) is 11.5. The molecule has 2 N–H and O–H groups in total. The normalized spacial score (nSPS) is 10.5. The summed E-state index contributed by atoms with van der Waals surface area (Å²) in [6.45, 7) is 7.48. The second kappa shape index (κ2) is 6.17. The van der Waals surface area contributed by atoms with Crippen LogP contribution < -0.4 is 10.6 Å². The zero-order valence-corrected chi connectivity index (χ0v) is 11.5. The second-order valence-electron chi connectivity index (χ2n) is 4.41. The highest BCUT2D eigenvalue weighted by Gasteiger charge is 2.07. The van der Waals surface area contributed by atoms with E-state index in [1.807, 2.05) is 19.9 Å². The fourth-order valence-corrected chi connectivity index (χ4v) is 1.73. The fourth-order valence-electron chi connectivity index (χ4n) is 1.73. The van der Waals surface area contributed by atoms with E-state index < -0.39 is 0 Å². The quantitative estimate of drug-likeness (QED) is 0.832. The van der Waals surface area contributed by atoms with Gasteiger partial charge < -0.3 is 15.2 Å². The topological polar surface area (TPSA) is 75.9 Å². The van der Waals surface area contributed by atoms with E-state index in [4.69, 9.17) is 4.52 Å². The van der Waals surface area contributed by atoms with Gasteiger partial charge in [-0.1, -0.05) is 12.1 Å². The first-order valence-electron chi connectivity index (χ1n) is 6.42. The van der Waals surface area contributed by atoms with Crippen molar-refractivity contribution in [3.8, 4) is 0 Å². The molecule has 0 saturated carbocycles. The van der Waals surface area contributed by atoms with Gasteiger partial charge in [-0.05, 0) is 20.3 Å². The second-order valence-corrected chi connectivity index (χ2v) is 4.41. The summed E-state index contributed by atoms with van der Waals surface area (Å²) in [5.41, 5.74) is 1.87. The molecule has 102 valence electrons. The maximum absolute atomic E-state index is 5.02. The average molecular weight is 261 g/mol. The van der Waals surface area contributed by atoms with Gasteiger partial charge in [-0.2, -0.15) is 0 Å². The lowest BCUT2D eigenvalue weighted by Gasteiger charge is -2.11. The van der Waals surface area contributed by atoms with Crippen molar-refractivity contribution in [1.29, 1.82) is 0 Å². The van der Waals surface area contributed by atoms with Crippen LogP contribution in [0, 0.1) is 13.8 Å². The predicted octanol–water partition coefficient (Wildman–Crippen LogP) is 2.52. The summed E-state index contributed by atoms with van der Waals surface area (Å²) >= 11 is 0. The van der Waals surface area contributed by atoms with Crippen molar-refractivity contribution in [2.75, 3.05) is 17.2 Å². The van der Waals surface area contributed by atoms with Crippen LogP contribution in [-0.2, 0) is 6.54 Å². The van der Waals surface area contributed by atoms with Crippen LogP contribution in [-0.4, -0.2) is 21.7 Å². The Labute approximate surface area is 112 Å². The molecule has 0 unspecified atom stereocenters. The molecule has 0 saturated heterocycles. The number of anilines is 2. The van der Waals surface area contributed by atoms with Crippen LogP contribution in [0.3, 0.4) is 0 Å². The molecule has 0 aliphatic heterocycles. The van der Waals surface area contributed by atoms with Gasteiger partial charge in [-0.25, -0.2) is 9.97 Å². The van der Waals surface area contributed by atoms with Crippen LogP contribution in [0.4, 0.5) is 11.6 Å². The summed E-state index contributed by atoms with van der Waals surface area (Å²) in [5.74, 6) is 2.49. The maximum atomic E-state index is 5.02. The number of hydrogen-bond donors (Lipinski definition) is 2. The Bertz CT molecular complexity index is 538. The highest BCUT2D eigenvalue weighted by molar-refractivity contribution is 5.56. The van der Waals surface area contributed by atoms with Gasteiger partial charge in [-0.3, -0.25) is 0 Å². The maximum Gasteiger partial charge on any atom is 0.134 e. The Kier molecular flexibility index (Phi) is 4.33. The molecule has 0 aromatic carbocycles. The van der Waals surface area contributed by atoms with E-state index in [9.17, 15) is 0 Å². The highest BCUT2D eigenvalue weighted by atomic mass is 16.5. The van der Waals surface area contributed by atoms with Crippen molar-refractivity contribution in [2.24, 2.45) is 0 Å². The Morgan fingerprint density at radius 3 is 2.53 bits per heavy atom. The van der Waals surface area contributed by atoms with Crippen LogP contribution in [0.15, 0.2) is 16.9 Å². The van der Waals surface area contributed by atoms with Crippen molar-refractivity contribution < 1.29 is 4.52 Å². The number of aromatic nitrogens is 3. The highest BCUT2D eigenvalue weighted by Crippen LogP contribution is 2.18. The summed E-state index contributed by atoms with van der Waals surface area (Å²) in [6, 6.07) is 1.90. The first-order valence-corrected chi connectivity index (χ1v) is 6.42. The van der Waals surface area contributed by atoms with Crippen LogP contribution in [0.1, 0.15) is 30.4 Å². The van der Waals surface area contributed by atoms with E-state index in [2.05, 4.69) is 32.7 Å². The summed E-state index contributed by atoms with van der Waals surface area (Å²) in [4.78, 5) is 8.49. The van der Waals surface area contributed by atoms with Crippen molar-refractivity contribution >= 4 is 11.6 Å². The third-order valence-electron chi connectivity index (χ3n) is 2.74. The molecule has 2 heterocycles. The van der Waals surface area contributed by atoms with E-state index >= 15 is 0 Å². The van der Waals surface area contributed by atoms with Crippen molar-refractivity contribution in [1.82, 2.24) is 15.1 Å². The molecule has 6 heteroatoms. The molecule has 0 atom stereocenters. The van der Waals surface area contributed by atoms with Gasteiger partial charge in [0.15, 0.2) is 0 Å². The Morgan fingerprint density at radius 2 is 1.89 bits per heavy atom. The van der Waals surface area contributed by atoms with Crippen LogP contribution in [0.5, 0.6) is 0 Å². The van der Waals surface area contributed by atoms with Crippen molar-refractivity contribution in [3.63, 3.8) is 0 Å². The third-order valence-corrected chi connectivity index (χ3v) is 2.74. The Hall–Kier alpha value is -2.11. The molecular formula is C13H19N5O. The summed E-state index contributed by atoms with van der Waals surface area (Å²) in [5, 5.41) is 10.5. The minimum absolute atomic E-state index is 0.586. The first-order chi connectivity index (χ1) is 9.20. The van der Waals surface area contributed by atoms with Gasteiger partial charge in [-0.15, -0.1) is 0 Å². The Balaban J connectivity index is 2.03. The van der Waals surface area contributed by atoms with E-state index in [1.54, 1.807) is 6.33 Å². The largest absolute Gasteiger partial charge is 0.370 e. The molecule has 0 bridgehead atoms. The van der Waals surface area contributed by atoms with E-state index in [-0.39, 0.29) is 0 Å². The van der Waals surface area contributed by atoms with Crippen LogP contribution in [0.25, 0.3) is 0 Å². The van der Waals surface area contributed by atoms with Gasteiger partial charge in [0.05, 0.1) is 6.54 Å². The lowest BCUT2D eigenvalue weighted by atomic mass is 10.3. The summed E-state index contributed by atoms with van der Waals surface area (Å²) < 4.78 is 5.02. The molecule has 0 fully saturated rings. The van der Waals surface area contributed by atoms with Crippen LogP contribution >= 0.6 is 0 Å². The molecular weight excluding hydrogens is 242 g/mol. The summed E-state index contributed by atoms with van der Waals surface area (Å²) in [7, 11) is 0. The van der Waals surface area contributed by atoms with Gasteiger partial charge >= 0.3 is 0 Å². The van der Waals surface area contributed by atoms with Gasteiger partial charge in [0.1, 0.15) is 29.4 Å². The standard InChI is InChI=1S/C13H19N5O/c1-4-5-14-12-10(3)13(17-8-16-12)15-7-11-6-9(2)19-18-11/h6,8H,4-5,7H2,1-3H3,(H2,14,15,16,17). The third kappa shape index (κ3) is 3.43. The van der Waals surface area contributed by atoms with Crippen molar-refractivity contribution in [2.45, 2.75) is 33.7 Å². The van der Waals surface area contributed by atoms with E-state index in [1.165, 1.54) is 0 Å². The molecule has 2 aromatic rings. The zero-order chi connectivity index (χ0) is 13.7. The monoisotopic (exact) mass is 261 g/mol. The SMILES string of the molecule is CCCNc1ncnc(NCc2cc(C)on2)c1C. The molecule has 0 aliphatic carbocycles. The minimum atomic E-state index is 0.586. The molecule has 6 nitrogen and oxygen atoms in total. The molecule has 0 aliphatic rings. The number of rotatable bonds is 6. The van der Waals surface area contributed by atoms with Crippen molar-refractivity contribution in [3.05, 3.63) is 29.4 Å². The molecule has 19 heavy (non-hydrogen) atoms. The lowest BCUT2D eigenvalue weighted by Crippen LogP contribution is -2.09. The first kappa shape index (κ1) is 13.3. The minimum Gasteiger partial charge on any atom is -0.370 e.